The second kappa shape index (κ2) is 6.16. The van der Waals surface area contributed by atoms with Crippen molar-refractivity contribution in [3.8, 4) is 5.75 Å². The van der Waals surface area contributed by atoms with Crippen LogP contribution in [0.2, 0.25) is 0 Å². The Hall–Kier alpha value is -1.51. The number of aryl methyl sites for hydroxylation is 2. The van der Waals surface area contributed by atoms with Crippen LogP contribution in [-0.2, 0) is 4.79 Å². The molecular weight excluding hydrogens is 202 g/mol. The summed E-state index contributed by atoms with van der Waals surface area (Å²) < 4.78 is 5.46. The van der Waals surface area contributed by atoms with Gasteiger partial charge in [0.25, 0.3) is 5.91 Å². The van der Waals surface area contributed by atoms with Crippen LogP contribution in [0.1, 0.15) is 24.5 Å². The van der Waals surface area contributed by atoms with Crippen LogP contribution in [0.5, 0.6) is 5.75 Å². The highest BCUT2D eigenvalue weighted by Crippen LogP contribution is 2.18. The minimum absolute atomic E-state index is 0.0669. The number of rotatable bonds is 5. The van der Waals surface area contributed by atoms with Crippen molar-refractivity contribution < 1.29 is 9.53 Å². The molecule has 3 heteroatoms. The first-order valence-electron chi connectivity index (χ1n) is 5.60. The summed E-state index contributed by atoms with van der Waals surface area (Å²) in [5.41, 5.74) is 2.18. The Morgan fingerprint density at radius 2 is 2.12 bits per heavy atom. The average Bonchev–Trinajstić information content (AvgIpc) is 2.27. The maximum atomic E-state index is 11.3. The molecule has 0 aliphatic carbocycles. The van der Waals surface area contributed by atoms with E-state index in [4.69, 9.17) is 4.74 Å². The van der Waals surface area contributed by atoms with Crippen LogP contribution < -0.4 is 10.1 Å². The van der Waals surface area contributed by atoms with E-state index in [0.717, 1.165) is 23.3 Å². The van der Waals surface area contributed by atoms with Gasteiger partial charge in [0, 0.05) is 6.54 Å². The van der Waals surface area contributed by atoms with Crippen LogP contribution in [0.4, 0.5) is 0 Å². The van der Waals surface area contributed by atoms with Gasteiger partial charge in [0.2, 0.25) is 0 Å². The van der Waals surface area contributed by atoms with Crippen LogP contribution in [0.15, 0.2) is 18.2 Å². The van der Waals surface area contributed by atoms with Crippen molar-refractivity contribution in [2.45, 2.75) is 27.2 Å². The molecule has 0 saturated carbocycles. The molecule has 0 unspecified atom stereocenters. The summed E-state index contributed by atoms with van der Waals surface area (Å²) in [7, 11) is 0. The lowest BCUT2D eigenvalue weighted by Gasteiger charge is -2.09. The van der Waals surface area contributed by atoms with E-state index in [1.807, 2.05) is 39.0 Å². The molecule has 0 bridgehead atoms. The fourth-order valence-corrected chi connectivity index (χ4v) is 1.32. The first-order valence-corrected chi connectivity index (χ1v) is 5.60. The second-order valence-electron chi connectivity index (χ2n) is 3.91. The molecule has 3 nitrogen and oxygen atoms in total. The van der Waals surface area contributed by atoms with Gasteiger partial charge in [0.1, 0.15) is 5.75 Å². The van der Waals surface area contributed by atoms with E-state index in [1.54, 1.807) is 0 Å². The standard InChI is InChI=1S/C13H19NO2/c1-4-7-14-13(15)9-16-12-8-10(2)5-6-11(12)3/h5-6,8H,4,7,9H2,1-3H3,(H,14,15). The first kappa shape index (κ1) is 12.6. The second-order valence-corrected chi connectivity index (χ2v) is 3.91. The van der Waals surface area contributed by atoms with E-state index in [2.05, 4.69) is 5.32 Å². The summed E-state index contributed by atoms with van der Waals surface area (Å²) >= 11 is 0. The third-order valence-electron chi connectivity index (χ3n) is 2.27. The molecule has 88 valence electrons. The summed E-state index contributed by atoms with van der Waals surface area (Å²) in [6.07, 6.45) is 0.940. The smallest absolute Gasteiger partial charge is 0.257 e. The molecule has 16 heavy (non-hydrogen) atoms. The third kappa shape index (κ3) is 3.93. The fraction of sp³-hybridized carbons (Fsp3) is 0.462. The van der Waals surface area contributed by atoms with Crippen molar-refractivity contribution in [2.24, 2.45) is 0 Å². The number of carbonyl (C=O) groups is 1. The minimum Gasteiger partial charge on any atom is -0.483 e. The Kier molecular flexibility index (Phi) is 4.83. The van der Waals surface area contributed by atoms with Crippen LogP contribution >= 0.6 is 0 Å². The highest BCUT2D eigenvalue weighted by atomic mass is 16.5. The quantitative estimate of drug-likeness (QED) is 0.827. The zero-order chi connectivity index (χ0) is 12.0. The molecule has 1 N–H and O–H groups in total. The predicted octanol–water partition coefficient (Wildman–Crippen LogP) is 2.21. The minimum atomic E-state index is -0.0669. The van der Waals surface area contributed by atoms with Crippen molar-refractivity contribution in [3.05, 3.63) is 29.3 Å². The zero-order valence-electron chi connectivity index (χ0n) is 10.2. The molecule has 0 spiro atoms. The number of hydrogen-bond donors (Lipinski definition) is 1. The van der Waals surface area contributed by atoms with Crippen molar-refractivity contribution in [3.63, 3.8) is 0 Å². The zero-order valence-corrected chi connectivity index (χ0v) is 10.2. The number of benzene rings is 1. The fourth-order valence-electron chi connectivity index (χ4n) is 1.32. The van der Waals surface area contributed by atoms with Gasteiger partial charge >= 0.3 is 0 Å². The number of nitrogens with one attached hydrogen (secondary N) is 1. The maximum absolute atomic E-state index is 11.3. The Labute approximate surface area is 96.8 Å². The van der Waals surface area contributed by atoms with Crippen LogP contribution in [-0.4, -0.2) is 19.1 Å². The van der Waals surface area contributed by atoms with Crippen molar-refractivity contribution in [2.75, 3.05) is 13.2 Å². The molecule has 0 aliphatic heterocycles. The van der Waals surface area contributed by atoms with Crippen LogP contribution in [0, 0.1) is 13.8 Å². The van der Waals surface area contributed by atoms with Gasteiger partial charge in [-0.3, -0.25) is 4.79 Å². The van der Waals surface area contributed by atoms with Gasteiger partial charge in [-0.05, 0) is 37.5 Å². The van der Waals surface area contributed by atoms with E-state index in [-0.39, 0.29) is 12.5 Å². The number of hydrogen-bond acceptors (Lipinski definition) is 2. The number of ether oxygens (including phenoxy) is 1. The lowest BCUT2D eigenvalue weighted by Crippen LogP contribution is -2.29. The van der Waals surface area contributed by atoms with Gasteiger partial charge in [-0.15, -0.1) is 0 Å². The van der Waals surface area contributed by atoms with E-state index < -0.39 is 0 Å². The van der Waals surface area contributed by atoms with Gasteiger partial charge in [-0.1, -0.05) is 19.1 Å². The van der Waals surface area contributed by atoms with Gasteiger partial charge in [-0.2, -0.15) is 0 Å². The molecule has 1 amide bonds. The molecule has 1 aromatic rings. The Morgan fingerprint density at radius 1 is 1.38 bits per heavy atom. The van der Waals surface area contributed by atoms with Crippen molar-refractivity contribution >= 4 is 5.91 Å². The molecule has 0 atom stereocenters. The summed E-state index contributed by atoms with van der Waals surface area (Å²) in [6.45, 7) is 6.79. The summed E-state index contributed by atoms with van der Waals surface area (Å²) in [5, 5.41) is 2.77. The first-order chi connectivity index (χ1) is 7.63. The molecule has 0 saturated heterocycles. The van der Waals surface area contributed by atoms with E-state index in [9.17, 15) is 4.79 Å². The van der Waals surface area contributed by atoms with Crippen LogP contribution in [0.25, 0.3) is 0 Å². The molecule has 0 fully saturated rings. The van der Waals surface area contributed by atoms with Gasteiger partial charge in [0.05, 0.1) is 0 Å². The van der Waals surface area contributed by atoms with Gasteiger partial charge < -0.3 is 10.1 Å². The molecule has 0 aromatic heterocycles. The molecule has 0 aliphatic rings. The molecule has 0 radical (unpaired) electrons. The highest BCUT2D eigenvalue weighted by molar-refractivity contribution is 5.77. The predicted molar refractivity (Wildman–Crippen MR) is 64.7 cm³/mol. The van der Waals surface area contributed by atoms with Crippen molar-refractivity contribution in [1.29, 1.82) is 0 Å². The topological polar surface area (TPSA) is 38.3 Å². The molecular formula is C13H19NO2. The Morgan fingerprint density at radius 3 is 2.81 bits per heavy atom. The van der Waals surface area contributed by atoms with E-state index in [0.29, 0.717) is 6.54 Å². The lowest BCUT2D eigenvalue weighted by molar-refractivity contribution is -0.123. The number of amides is 1. The van der Waals surface area contributed by atoms with Crippen molar-refractivity contribution in [1.82, 2.24) is 5.32 Å². The van der Waals surface area contributed by atoms with E-state index in [1.165, 1.54) is 0 Å². The highest BCUT2D eigenvalue weighted by Gasteiger charge is 2.04. The third-order valence-corrected chi connectivity index (χ3v) is 2.27. The summed E-state index contributed by atoms with van der Waals surface area (Å²) in [4.78, 5) is 11.3. The normalized spacial score (nSPS) is 9.94. The van der Waals surface area contributed by atoms with Gasteiger partial charge in [0.15, 0.2) is 6.61 Å². The lowest BCUT2D eigenvalue weighted by atomic mass is 10.1. The number of carbonyl (C=O) groups excluding carboxylic acids is 1. The van der Waals surface area contributed by atoms with Crippen LogP contribution in [0.3, 0.4) is 0 Å². The molecule has 0 heterocycles. The monoisotopic (exact) mass is 221 g/mol. The Bertz CT molecular complexity index is 361. The van der Waals surface area contributed by atoms with E-state index >= 15 is 0 Å². The van der Waals surface area contributed by atoms with Gasteiger partial charge in [-0.25, -0.2) is 0 Å². The maximum Gasteiger partial charge on any atom is 0.257 e. The average molecular weight is 221 g/mol. The largest absolute Gasteiger partial charge is 0.483 e. The Balaban J connectivity index is 2.47. The molecule has 1 aromatic carbocycles. The summed E-state index contributed by atoms with van der Waals surface area (Å²) in [5.74, 6) is 0.717. The summed E-state index contributed by atoms with van der Waals surface area (Å²) in [6, 6.07) is 5.97. The SMILES string of the molecule is CCCNC(=O)COc1cc(C)ccc1C. The molecule has 1 rings (SSSR count).